The summed E-state index contributed by atoms with van der Waals surface area (Å²) in [6.45, 7) is 3.48. The molecule has 0 radical (unpaired) electrons. The van der Waals surface area contributed by atoms with E-state index in [1.165, 1.54) is 0 Å². The number of hydrogen-bond acceptors (Lipinski definition) is 3. The summed E-state index contributed by atoms with van der Waals surface area (Å²) in [5, 5.41) is 0.432. The highest BCUT2D eigenvalue weighted by molar-refractivity contribution is 9.10. The van der Waals surface area contributed by atoms with Crippen LogP contribution >= 0.6 is 27.5 Å². The van der Waals surface area contributed by atoms with Gasteiger partial charge < -0.3 is 4.74 Å². The Labute approximate surface area is 113 Å². The van der Waals surface area contributed by atoms with Gasteiger partial charge in [-0.1, -0.05) is 33.6 Å². The molecule has 0 unspecified atom stereocenters. The quantitative estimate of drug-likeness (QED) is 0.378. The van der Waals surface area contributed by atoms with Gasteiger partial charge in [0.25, 0.3) is 5.91 Å². The fraction of sp³-hybridized carbons (Fsp3) is 0.182. The molecule has 0 saturated heterocycles. The highest BCUT2D eigenvalue weighted by atomic mass is 79.9. The molecule has 1 aromatic carbocycles. The van der Waals surface area contributed by atoms with E-state index >= 15 is 0 Å². The predicted octanol–water partition coefficient (Wildman–Crippen LogP) is 2.20. The number of allylic oxidation sites excluding steroid dienone is 1. The molecule has 0 aliphatic carbocycles. The molecule has 0 heterocycles. The van der Waals surface area contributed by atoms with Gasteiger partial charge in [-0.05, 0) is 18.6 Å². The topological polar surface area (TPSA) is 64.3 Å². The summed E-state index contributed by atoms with van der Waals surface area (Å²) >= 11 is 9.38. The minimum atomic E-state index is -0.423. The Morgan fingerprint density at radius 2 is 2.35 bits per heavy atom. The summed E-state index contributed by atoms with van der Waals surface area (Å²) in [7, 11) is 0. The van der Waals surface area contributed by atoms with Crippen molar-refractivity contribution in [3.63, 3.8) is 0 Å². The highest BCUT2D eigenvalue weighted by Gasteiger charge is 2.11. The lowest BCUT2D eigenvalue weighted by molar-refractivity contribution is -0.123. The van der Waals surface area contributed by atoms with Crippen LogP contribution < -0.4 is 16.0 Å². The number of hydrogen-bond donors (Lipinski definition) is 2. The fourth-order valence-corrected chi connectivity index (χ4v) is 2.19. The Morgan fingerprint density at radius 3 is 2.94 bits per heavy atom. The maximum absolute atomic E-state index is 11.0. The third-order valence-electron chi connectivity index (χ3n) is 1.96. The van der Waals surface area contributed by atoms with Crippen molar-refractivity contribution in [2.75, 3.05) is 6.61 Å². The number of hydrazine groups is 1. The Kier molecular flexibility index (Phi) is 5.47. The summed E-state index contributed by atoms with van der Waals surface area (Å²) < 4.78 is 6.18. The predicted molar refractivity (Wildman–Crippen MR) is 70.9 cm³/mol. The molecule has 4 nitrogen and oxygen atoms in total. The van der Waals surface area contributed by atoms with Gasteiger partial charge in [0.15, 0.2) is 6.61 Å². The van der Waals surface area contributed by atoms with Crippen molar-refractivity contribution >= 4 is 33.4 Å². The lowest BCUT2D eigenvalue weighted by Gasteiger charge is -2.12. The highest BCUT2D eigenvalue weighted by Crippen LogP contribution is 2.33. The normalized spacial score (nSPS) is 9.82. The van der Waals surface area contributed by atoms with E-state index in [-0.39, 0.29) is 6.61 Å². The molecule has 92 valence electrons. The molecule has 17 heavy (non-hydrogen) atoms. The number of amides is 1. The lowest BCUT2D eigenvalue weighted by atomic mass is 10.1. The van der Waals surface area contributed by atoms with Gasteiger partial charge in [0.2, 0.25) is 0 Å². The molecule has 3 N–H and O–H groups in total. The maximum atomic E-state index is 11.0. The number of nitrogens with two attached hydrogens (primary N) is 1. The smallest absolute Gasteiger partial charge is 0.271 e. The maximum Gasteiger partial charge on any atom is 0.271 e. The van der Waals surface area contributed by atoms with Gasteiger partial charge in [-0.25, -0.2) is 5.84 Å². The molecule has 1 rings (SSSR count). The number of ether oxygens (including phenoxy) is 1. The lowest BCUT2D eigenvalue weighted by Crippen LogP contribution is -2.34. The Hall–Kier alpha value is -1.04. The van der Waals surface area contributed by atoms with Crippen molar-refractivity contribution < 1.29 is 9.53 Å². The molecule has 0 aliphatic rings. The number of benzene rings is 1. The van der Waals surface area contributed by atoms with E-state index in [0.29, 0.717) is 17.2 Å². The molecule has 6 heteroatoms. The summed E-state index contributed by atoms with van der Waals surface area (Å²) in [4.78, 5) is 11.0. The molecule has 0 spiro atoms. The van der Waals surface area contributed by atoms with Gasteiger partial charge in [0.1, 0.15) is 5.75 Å². The SMILES string of the molecule is C=CCc1cc(Br)cc(Cl)c1OCC(=O)NN. The molecule has 0 saturated carbocycles. The average Bonchev–Trinajstić information content (AvgIpc) is 2.27. The number of carbonyl (C=O) groups is 1. The Morgan fingerprint density at radius 1 is 1.65 bits per heavy atom. The Balaban J connectivity index is 2.95. The fourth-order valence-electron chi connectivity index (χ4n) is 1.26. The minimum absolute atomic E-state index is 0.179. The monoisotopic (exact) mass is 318 g/mol. The number of halogens is 2. The third-order valence-corrected chi connectivity index (χ3v) is 2.70. The molecule has 0 aromatic heterocycles. The molecule has 0 fully saturated rings. The average molecular weight is 320 g/mol. The number of rotatable bonds is 5. The van der Waals surface area contributed by atoms with Gasteiger partial charge >= 0.3 is 0 Å². The molecule has 0 aliphatic heterocycles. The molecule has 0 bridgehead atoms. The van der Waals surface area contributed by atoms with E-state index in [9.17, 15) is 4.79 Å². The van der Waals surface area contributed by atoms with Crippen LogP contribution in [0.3, 0.4) is 0 Å². The van der Waals surface area contributed by atoms with Crippen LogP contribution in [0.5, 0.6) is 5.75 Å². The van der Waals surface area contributed by atoms with E-state index in [1.807, 2.05) is 11.5 Å². The van der Waals surface area contributed by atoms with E-state index in [2.05, 4.69) is 22.5 Å². The zero-order chi connectivity index (χ0) is 12.8. The van der Waals surface area contributed by atoms with Crippen LogP contribution in [0.2, 0.25) is 5.02 Å². The second kappa shape index (κ2) is 6.64. The van der Waals surface area contributed by atoms with Gasteiger partial charge in [0.05, 0.1) is 5.02 Å². The van der Waals surface area contributed by atoms with E-state index < -0.39 is 5.91 Å². The number of carbonyl (C=O) groups excluding carboxylic acids is 1. The standard InChI is InChI=1S/C11H12BrClN2O2/c1-2-3-7-4-8(12)5-9(13)11(7)17-6-10(16)15-14/h2,4-5H,1,3,6,14H2,(H,15,16). The Bertz CT molecular complexity index is 438. The zero-order valence-electron chi connectivity index (χ0n) is 9.00. The summed E-state index contributed by atoms with van der Waals surface area (Å²) in [6.07, 6.45) is 2.33. The molecule has 0 atom stereocenters. The summed E-state index contributed by atoms with van der Waals surface area (Å²) in [5.74, 6) is 5.01. The number of nitrogens with one attached hydrogen (secondary N) is 1. The van der Waals surface area contributed by atoms with Crippen molar-refractivity contribution in [1.82, 2.24) is 5.43 Å². The summed E-state index contributed by atoms with van der Waals surface area (Å²) in [6, 6.07) is 3.56. The van der Waals surface area contributed by atoms with Crippen LogP contribution in [0.25, 0.3) is 0 Å². The van der Waals surface area contributed by atoms with E-state index in [4.69, 9.17) is 22.2 Å². The zero-order valence-corrected chi connectivity index (χ0v) is 11.3. The van der Waals surface area contributed by atoms with Gasteiger partial charge in [-0.2, -0.15) is 0 Å². The molecular weight excluding hydrogens is 307 g/mol. The van der Waals surface area contributed by atoms with Crippen molar-refractivity contribution in [2.45, 2.75) is 6.42 Å². The van der Waals surface area contributed by atoms with Crippen LogP contribution in [0, 0.1) is 0 Å². The first-order valence-corrected chi connectivity index (χ1v) is 5.96. The van der Waals surface area contributed by atoms with E-state index in [0.717, 1.165) is 10.0 Å². The first-order chi connectivity index (χ1) is 8.08. The first-order valence-electron chi connectivity index (χ1n) is 4.79. The third kappa shape index (κ3) is 4.03. The molecule has 1 aromatic rings. The van der Waals surface area contributed by atoms with Crippen molar-refractivity contribution in [1.29, 1.82) is 0 Å². The van der Waals surface area contributed by atoms with Gasteiger partial charge in [-0.15, -0.1) is 6.58 Å². The van der Waals surface area contributed by atoms with Crippen LogP contribution in [0.1, 0.15) is 5.56 Å². The van der Waals surface area contributed by atoms with Crippen LogP contribution in [-0.4, -0.2) is 12.5 Å². The van der Waals surface area contributed by atoms with Crippen molar-refractivity contribution in [3.05, 3.63) is 39.8 Å². The second-order valence-electron chi connectivity index (χ2n) is 3.22. The second-order valence-corrected chi connectivity index (χ2v) is 4.55. The van der Waals surface area contributed by atoms with Gasteiger partial charge in [-0.3, -0.25) is 10.2 Å². The molecular formula is C11H12BrClN2O2. The first kappa shape index (κ1) is 14.0. The van der Waals surface area contributed by atoms with Crippen LogP contribution in [0.4, 0.5) is 0 Å². The largest absolute Gasteiger partial charge is 0.482 e. The molecule has 1 amide bonds. The van der Waals surface area contributed by atoms with Gasteiger partial charge in [0, 0.05) is 10.0 Å². The van der Waals surface area contributed by atoms with E-state index in [1.54, 1.807) is 12.1 Å². The van der Waals surface area contributed by atoms with Crippen molar-refractivity contribution in [3.8, 4) is 5.75 Å². The van der Waals surface area contributed by atoms with Crippen LogP contribution in [0.15, 0.2) is 29.3 Å². The van der Waals surface area contributed by atoms with Crippen molar-refractivity contribution in [2.24, 2.45) is 5.84 Å². The minimum Gasteiger partial charge on any atom is -0.482 e. The van der Waals surface area contributed by atoms with Crippen LogP contribution in [-0.2, 0) is 11.2 Å². The summed E-state index contributed by atoms with van der Waals surface area (Å²) in [5.41, 5.74) is 2.83.